The quantitative estimate of drug-likeness (QED) is 0.231. The van der Waals surface area contributed by atoms with Crippen LogP contribution in [0.5, 0.6) is 0 Å². The normalized spacial score (nSPS) is 17.0. The summed E-state index contributed by atoms with van der Waals surface area (Å²) >= 11 is 0. The van der Waals surface area contributed by atoms with Gasteiger partial charge in [-0.2, -0.15) is 0 Å². The topological polar surface area (TPSA) is 109 Å². The zero-order valence-electron chi connectivity index (χ0n) is 18.3. The molecule has 0 aliphatic carbocycles. The molecule has 1 fully saturated rings. The van der Waals surface area contributed by atoms with Crippen molar-refractivity contribution < 1.29 is 14.5 Å². The van der Waals surface area contributed by atoms with Gasteiger partial charge in [0.15, 0.2) is 5.96 Å². The van der Waals surface area contributed by atoms with Crippen molar-refractivity contribution in [2.24, 2.45) is 4.99 Å². The monoisotopic (exact) mass is 419 g/mol. The molecular formula is C21H33N5O4. The highest BCUT2D eigenvalue weighted by Gasteiger charge is 2.27. The Morgan fingerprint density at radius 2 is 2.00 bits per heavy atom. The number of hydrogen-bond acceptors (Lipinski definition) is 5. The van der Waals surface area contributed by atoms with Gasteiger partial charge < -0.3 is 20.3 Å². The van der Waals surface area contributed by atoms with Gasteiger partial charge in [0.25, 0.3) is 5.69 Å². The number of non-ortho nitro benzene ring substituents is 1. The number of nitrogens with one attached hydrogen (secondary N) is 2. The predicted octanol–water partition coefficient (Wildman–Crippen LogP) is 3.09. The molecule has 0 saturated carbocycles. The third-order valence-electron chi connectivity index (χ3n) is 4.74. The van der Waals surface area contributed by atoms with Gasteiger partial charge in [-0.25, -0.2) is 4.79 Å². The summed E-state index contributed by atoms with van der Waals surface area (Å²) in [6, 6.07) is 6.76. The minimum atomic E-state index is -0.506. The highest BCUT2D eigenvalue weighted by atomic mass is 16.6. The number of carbonyl (C=O) groups is 1. The highest BCUT2D eigenvalue weighted by molar-refractivity contribution is 5.80. The van der Waals surface area contributed by atoms with E-state index in [4.69, 9.17) is 4.74 Å². The van der Waals surface area contributed by atoms with E-state index in [0.717, 1.165) is 50.3 Å². The molecule has 2 rings (SSSR count). The zero-order valence-corrected chi connectivity index (χ0v) is 18.3. The van der Waals surface area contributed by atoms with Crippen LogP contribution in [0.15, 0.2) is 29.3 Å². The van der Waals surface area contributed by atoms with Crippen molar-refractivity contribution in [1.82, 2.24) is 15.5 Å². The number of benzene rings is 1. The lowest BCUT2D eigenvalue weighted by molar-refractivity contribution is -0.384. The van der Waals surface area contributed by atoms with Gasteiger partial charge in [0.1, 0.15) is 5.60 Å². The smallest absolute Gasteiger partial charge is 0.407 e. The van der Waals surface area contributed by atoms with Crippen LogP contribution in [0.3, 0.4) is 0 Å². The summed E-state index contributed by atoms with van der Waals surface area (Å²) in [6.07, 6.45) is 3.28. The van der Waals surface area contributed by atoms with E-state index in [9.17, 15) is 14.9 Å². The Kier molecular flexibility index (Phi) is 8.44. The molecule has 1 aromatic carbocycles. The molecule has 9 heteroatoms. The number of carbonyl (C=O) groups excluding carboxylic acids is 1. The summed E-state index contributed by atoms with van der Waals surface area (Å²) in [5, 5.41) is 17.0. The average Bonchev–Trinajstić information content (AvgIpc) is 3.11. The van der Waals surface area contributed by atoms with Crippen molar-refractivity contribution in [3.63, 3.8) is 0 Å². The Morgan fingerprint density at radius 1 is 1.30 bits per heavy atom. The molecule has 1 saturated heterocycles. The summed E-state index contributed by atoms with van der Waals surface area (Å²) in [5.41, 5.74) is 0.712. The second-order valence-electron chi connectivity index (χ2n) is 8.43. The van der Waals surface area contributed by atoms with Gasteiger partial charge in [-0.15, -0.1) is 0 Å². The van der Waals surface area contributed by atoms with Crippen LogP contribution in [0.2, 0.25) is 0 Å². The highest BCUT2D eigenvalue weighted by Crippen LogP contribution is 2.14. The second kappa shape index (κ2) is 10.8. The first-order valence-electron chi connectivity index (χ1n) is 10.4. The summed E-state index contributed by atoms with van der Waals surface area (Å²) in [7, 11) is 1.76. The number of nitro benzene ring substituents is 1. The fraction of sp³-hybridized carbons (Fsp3) is 0.619. The van der Waals surface area contributed by atoms with Crippen molar-refractivity contribution in [2.75, 3.05) is 26.7 Å². The van der Waals surface area contributed by atoms with Crippen molar-refractivity contribution >= 4 is 17.7 Å². The molecule has 0 aromatic heterocycles. The number of aryl methyl sites for hydroxylation is 1. The van der Waals surface area contributed by atoms with E-state index in [1.54, 1.807) is 19.2 Å². The number of nitro groups is 1. The first-order valence-corrected chi connectivity index (χ1v) is 10.4. The van der Waals surface area contributed by atoms with Crippen LogP contribution >= 0.6 is 0 Å². The SMILES string of the molecule is CN=C(NCCCCc1ccc([N+](=O)[O-])cc1)N1CCC(NC(=O)OC(C)(C)C)C1. The van der Waals surface area contributed by atoms with Gasteiger partial charge in [0.2, 0.25) is 0 Å². The number of alkyl carbamates (subject to hydrolysis) is 1. The van der Waals surface area contributed by atoms with E-state index in [1.807, 2.05) is 32.9 Å². The molecular weight excluding hydrogens is 386 g/mol. The van der Waals surface area contributed by atoms with Crippen molar-refractivity contribution in [3.05, 3.63) is 39.9 Å². The largest absolute Gasteiger partial charge is 0.444 e. The molecule has 9 nitrogen and oxygen atoms in total. The Balaban J connectivity index is 1.67. The molecule has 1 aliphatic rings. The Morgan fingerprint density at radius 3 is 2.60 bits per heavy atom. The molecule has 1 aromatic rings. The molecule has 30 heavy (non-hydrogen) atoms. The number of unbranched alkanes of at least 4 members (excludes halogenated alkanes) is 1. The lowest BCUT2D eigenvalue weighted by Gasteiger charge is -2.23. The van der Waals surface area contributed by atoms with Crippen molar-refractivity contribution in [1.29, 1.82) is 0 Å². The van der Waals surface area contributed by atoms with E-state index < -0.39 is 5.60 Å². The number of likely N-dealkylation sites (tertiary alicyclic amines) is 1. The maximum atomic E-state index is 11.9. The van der Waals surface area contributed by atoms with E-state index in [-0.39, 0.29) is 22.7 Å². The molecule has 1 amide bonds. The number of rotatable bonds is 7. The molecule has 1 aliphatic heterocycles. The number of nitrogens with zero attached hydrogens (tertiary/aromatic N) is 3. The molecule has 166 valence electrons. The summed E-state index contributed by atoms with van der Waals surface area (Å²) in [6.45, 7) is 7.85. The first-order chi connectivity index (χ1) is 14.2. The summed E-state index contributed by atoms with van der Waals surface area (Å²) in [5.74, 6) is 0.832. The number of amides is 1. The van der Waals surface area contributed by atoms with Crippen LogP contribution in [-0.2, 0) is 11.2 Å². The van der Waals surface area contributed by atoms with Crippen LogP contribution in [0.4, 0.5) is 10.5 Å². The Hall–Kier alpha value is -2.84. The van der Waals surface area contributed by atoms with Crippen LogP contribution in [0.1, 0.15) is 45.6 Å². The van der Waals surface area contributed by atoms with E-state index in [0.29, 0.717) is 6.54 Å². The fourth-order valence-corrected chi connectivity index (χ4v) is 3.32. The van der Waals surface area contributed by atoms with E-state index in [2.05, 4.69) is 20.5 Å². The summed E-state index contributed by atoms with van der Waals surface area (Å²) in [4.78, 5) is 28.7. The minimum Gasteiger partial charge on any atom is -0.444 e. The molecule has 1 atom stereocenters. The Labute approximate surface area is 178 Å². The average molecular weight is 420 g/mol. The van der Waals surface area contributed by atoms with E-state index >= 15 is 0 Å². The van der Waals surface area contributed by atoms with Gasteiger partial charge in [-0.3, -0.25) is 15.1 Å². The van der Waals surface area contributed by atoms with Gasteiger partial charge in [-0.05, 0) is 52.0 Å². The molecule has 0 bridgehead atoms. The minimum absolute atomic E-state index is 0.0422. The van der Waals surface area contributed by atoms with Gasteiger partial charge in [0, 0.05) is 38.8 Å². The lowest BCUT2D eigenvalue weighted by atomic mass is 10.1. The number of hydrogen-bond donors (Lipinski definition) is 2. The first kappa shape index (κ1) is 23.4. The molecule has 0 spiro atoms. The Bertz CT molecular complexity index is 743. The van der Waals surface area contributed by atoms with Crippen molar-refractivity contribution in [3.8, 4) is 0 Å². The maximum Gasteiger partial charge on any atom is 0.407 e. The number of guanidine groups is 1. The van der Waals surface area contributed by atoms with E-state index in [1.165, 1.54) is 0 Å². The molecule has 1 unspecified atom stereocenters. The summed E-state index contributed by atoms with van der Waals surface area (Å²) < 4.78 is 5.32. The number of ether oxygens (including phenoxy) is 1. The molecule has 0 radical (unpaired) electrons. The van der Waals surface area contributed by atoms with Crippen LogP contribution < -0.4 is 10.6 Å². The predicted molar refractivity (Wildman–Crippen MR) is 117 cm³/mol. The van der Waals surface area contributed by atoms with Crippen LogP contribution in [0, 0.1) is 10.1 Å². The molecule has 2 N–H and O–H groups in total. The maximum absolute atomic E-state index is 11.9. The second-order valence-corrected chi connectivity index (χ2v) is 8.43. The fourth-order valence-electron chi connectivity index (χ4n) is 3.32. The van der Waals surface area contributed by atoms with Crippen LogP contribution in [0.25, 0.3) is 0 Å². The standard InChI is InChI=1S/C21H33N5O4/c1-21(2,3)30-20(27)24-17-12-14-25(15-17)19(22-4)23-13-6-5-7-16-8-10-18(11-9-16)26(28)29/h8-11,17H,5-7,12-15H2,1-4H3,(H,22,23)(H,24,27). The van der Waals surface area contributed by atoms with Gasteiger partial charge >= 0.3 is 6.09 Å². The lowest BCUT2D eigenvalue weighted by Crippen LogP contribution is -2.44. The van der Waals surface area contributed by atoms with Crippen LogP contribution in [-0.4, -0.2) is 60.2 Å². The third-order valence-corrected chi connectivity index (χ3v) is 4.74. The zero-order chi connectivity index (χ0) is 22.1. The van der Waals surface area contributed by atoms with Gasteiger partial charge in [0.05, 0.1) is 11.0 Å². The third kappa shape index (κ3) is 7.88. The molecule has 1 heterocycles. The van der Waals surface area contributed by atoms with Gasteiger partial charge in [-0.1, -0.05) is 12.1 Å². The number of aliphatic imine (C=N–C) groups is 1. The van der Waals surface area contributed by atoms with Crippen molar-refractivity contribution in [2.45, 2.75) is 58.1 Å².